The van der Waals surface area contributed by atoms with Crippen molar-refractivity contribution in [3.05, 3.63) is 47.0 Å². The van der Waals surface area contributed by atoms with E-state index >= 15 is 0 Å². The van der Waals surface area contributed by atoms with E-state index in [0.717, 1.165) is 50.7 Å². The second-order valence-corrected chi connectivity index (χ2v) is 8.81. The van der Waals surface area contributed by atoms with Crippen LogP contribution < -0.4 is 5.32 Å². The summed E-state index contributed by atoms with van der Waals surface area (Å²) in [6, 6.07) is 3.22. The summed E-state index contributed by atoms with van der Waals surface area (Å²) >= 11 is 0. The number of ether oxygens (including phenoxy) is 1. The fourth-order valence-corrected chi connectivity index (χ4v) is 3.79. The van der Waals surface area contributed by atoms with Crippen molar-refractivity contribution in [2.24, 2.45) is 5.92 Å². The zero-order valence-electron chi connectivity index (χ0n) is 19.4. The van der Waals surface area contributed by atoms with Crippen molar-refractivity contribution in [3.63, 3.8) is 0 Å². The predicted molar refractivity (Wildman–Crippen MR) is 119 cm³/mol. The van der Waals surface area contributed by atoms with Crippen LogP contribution in [0.1, 0.15) is 68.1 Å². The van der Waals surface area contributed by atoms with Gasteiger partial charge < -0.3 is 19.0 Å². The van der Waals surface area contributed by atoms with Crippen molar-refractivity contribution in [3.8, 4) is 0 Å². The zero-order chi connectivity index (χ0) is 22.4. The number of nitrogens with zero attached hydrogens (tertiary/aromatic N) is 4. The zero-order valence-corrected chi connectivity index (χ0v) is 19.4. The standard InChI is InChI=1S/C23H35N5O3/c1-16(2)8-10-27-11-9-21-25-26-22(28(21)13-12-27)19(14-17(3)4)24-23(29)20-7-6-18(31-20)15-30-5/h6-8,17,19H,9-15H2,1-5H3,(H,24,29)/t19-/m0/s1. The van der Waals surface area contributed by atoms with Crippen LogP contribution in [0.2, 0.25) is 0 Å². The van der Waals surface area contributed by atoms with Crippen LogP contribution in [0.3, 0.4) is 0 Å². The van der Waals surface area contributed by atoms with Gasteiger partial charge in [-0.3, -0.25) is 9.69 Å². The number of rotatable bonds is 9. The number of fused-ring (bicyclic) bond motifs is 1. The fraction of sp³-hybridized carbons (Fsp3) is 0.609. The van der Waals surface area contributed by atoms with E-state index in [0.29, 0.717) is 18.3 Å². The van der Waals surface area contributed by atoms with Crippen LogP contribution in [-0.2, 0) is 24.3 Å². The van der Waals surface area contributed by atoms with E-state index in [-0.39, 0.29) is 17.7 Å². The van der Waals surface area contributed by atoms with Gasteiger partial charge in [-0.1, -0.05) is 25.5 Å². The molecule has 0 fully saturated rings. The summed E-state index contributed by atoms with van der Waals surface area (Å²) in [6.07, 6.45) is 3.89. The van der Waals surface area contributed by atoms with Gasteiger partial charge in [0.25, 0.3) is 5.91 Å². The van der Waals surface area contributed by atoms with Gasteiger partial charge in [-0.2, -0.15) is 0 Å². The van der Waals surface area contributed by atoms with E-state index in [9.17, 15) is 4.79 Å². The van der Waals surface area contributed by atoms with Crippen LogP contribution in [0.15, 0.2) is 28.2 Å². The second kappa shape index (κ2) is 10.7. The molecule has 0 spiro atoms. The third-order valence-electron chi connectivity index (χ3n) is 5.40. The van der Waals surface area contributed by atoms with Gasteiger partial charge in [-0.05, 0) is 38.3 Å². The molecule has 2 aromatic rings. The topological polar surface area (TPSA) is 85.4 Å². The molecule has 0 aliphatic carbocycles. The molecule has 170 valence electrons. The summed E-state index contributed by atoms with van der Waals surface area (Å²) in [5.41, 5.74) is 1.33. The highest BCUT2D eigenvalue weighted by molar-refractivity contribution is 5.91. The van der Waals surface area contributed by atoms with Crippen LogP contribution in [0.4, 0.5) is 0 Å². The Morgan fingerprint density at radius 2 is 2.06 bits per heavy atom. The number of allylic oxidation sites excluding steroid dienone is 1. The maximum Gasteiger partial charge on any atom is 0.287 e. The molecule has 0 aromatic carbocycles. The Balaban J connectivity index is 1.75. The molecule has 3 rings (SSSR count). The molecule has 0 saturated heterocycles. The van der Waals surface area contributed by atoms with E-state index in [4.69, 9.17) is 9.15 Å². The smallest absolute Gasteiger partial charge is 0.287 e. The van der Waals surface area contributed by atoms with E-state index in [1.807, 2.05) is 0 Å². The Morgan fingerprint density at radius 3 is 2.77 bits per heavy atom. The number of methoxy groups -OCH3 is 1. The molecule has 1 N–H and O–H groups in total. The third-order valence-corrected chi connectivity index (χ3v) is 5.40. The minimum atomic E-state index is -0.246. The van der Waals surface area contributed by atoms with Crippen molar-refractivity contribution in [2.45, 2.75) is 59.7 Å². The first kappa shape index (κ1) is 23.2. The molecular formula is C23H35N5O3. The normalized spacial score (nSPS) is 15.4. The minimum Gasteiger partial charge on any atom is -0.453 e. The molecule has 2 aromatic heterocycles. The number of aromatic nitrogens is 3. The van der Waals surface area contributed by atoms with Gasteiger partial charge in [-0.25, -0.2) is 0 Å². The molecule has 3 heterocycles. The number of nitrogens with one attached hydrogen (secondary N) is 1. The van der Waals surface area contributed by atoms with E-state index in [2.05, 4.69) is 58.8 Å². The van der Waals surface area contributed by atoms with Crippen molar-refractivity contribution in [1.29, 1.82) is 0 Å². The Morgan fingerprint density at radius 1 is 1.26 bits per heavy atom. The Labute approximate surface area is 184 Å². The van der Waals surface area contributed by atoms with Crippen LogP contribution in [0.25, 0.3) is 0 Å². The molecular weight excluding hydrogens is 394 g/mol. The summed E-state index contributed by atoms with van der Waals surface area (Å²) < 4.78 is 12.9. The monoisotopic (exact) mass is 429 g/mol. The predicted octanol–water partition coefficient (Wildman–Crippen LogP) is 3.36. The maximum atomic E-state index is 12.9. The van der Waals surface area contributed by atoms with Gasteiger partial charge >= 0.3 is 0 Å². The van der Waals surface area contributed by atoms with Gasteiger partial charge in [0.2, 0.25) is 0 Å². The van der Waals surface area contributed by atoms with Crippen LogP contribution in [0.5, 0.6) is 0 Å². The molecule has 0 unspecified atom stereocenters. The van der Waals surface area contributed by atoms with Crippen molar-refractivity contribution in [2.75, 3.05) is 26.7 Å². The molecule has 1 aliphatic heterocycles. The van der Waals surface area contributed by atoms with E-state index < -0.39 is 0 Å². The number of hydrogen-bond acceptors (Lipinski definition) is 6. The number of carbonyl (C=O) groups excluding carboxylic acids is 1. The van der Waals surface area contributed by atoms with Crippen LogP contribution in [0, 0.1) is 5.92 Å². The lowest BCUT2D eigenvalue weighted by Gasteiger charge is -2.21. The number of carbonyl (C=O) groups is 1. The molecule has 1 amide bonds. The Bertz CT molecular complexity index is 895. The lowest BCUT2D eigenvalue weighted by atomic mass is 10.0. The highest BCUT2D eigenvalue weighted by atomic mass is 16.5. The largest absolute Gasteiger partial charge is 0.453 e. The lowest BCUT2D eigenvalue weighted by molar-refractivity contribution is 0.0892. The molecule has 1 atom stereocenters. The average molecular weight is 430 g/mol. The average Bonchev–Trinajstić information content (AvgIpc) is 3.29. The summed E-state index contributed by atoms with van der Waals surface area (Å²) in [4.78, 5) is 15.3. The van der Waals surface area contributed by atoms with Gasteiger partial charge in [0.05, 0.1) is 6.04 Å². The summed E-state index contributed by atoms with van der Waals surface area (Å²) in [6.45, 7) is 12.5. The lowest BCUT2D eigenvalue weighted by Crippen LogP contribution is -2.32. The summed E-state index contributed by atoms with van der Waals surface area (Å²) in [5.74, 6) is 2.86. The minimum absolute atomic E-state index is 0.228. The first-order valence-corrected chi connectivity index (χ1v) is 11.0. The van der Waals surface area contributed by atoms with Gasteiger partial charge in [0.15, 0.2) is 11.6 Å². The molecule has 0 bridgehead atoms. The molecule has 8 nitrogen and oxygen atoms in total. The van der Waals surface area contributed by atoms with E-state index in [1.165, 1.54) is 5.57 Å². The Hall–Kier alpha value is -2.45. The van der Waals surface area contributed by atoms with E-state index in [1.54, 1.807) is 19.2 Å². The van der Waals surface area contributed by atoms with Gasteiger partial charge in [0, 0.05) is 39.7 Å². The van der Waals surface area contributed by atoms with Crippen molar-refractivity contribution in [1.82, 2.24) is 25.0 Å². The Kier molecular flexibility index (Phi) is 8.03. The highest BCUT2D eigenvalue weighted by Gasteiger charge is 2.27. The highest BCUT2D eigenvalue weighted by Crippen LogP contribution is 2.23. The first-order valence-electron chi connectivity index (χ1n) is 11.0. The molecule has 0 radical (unpaired) electrons. The van der Waals surface area contributed by atoms with Crippen molar-refractivity contribution >= 4 is 5.91 Å². The van der Waals surface area contributed by atoms with Gasteiger partial charge in [0.1, 0.15) is 18.2 Å². The fourth-order valence-electron chi connectivity index (χ4n) is 3.79. The first-order chi connectivity index (χ1) is 14.9. The maximum absolute atomic E-state index is 12.9. The number of furan rings is 1. The molecule has 0 saturated carbocycles. The van der Waals surface area contributed by atoms with Crippen LogP contribution >= 0.6 is 0 Å². The second-order valence-electron chi connectivity index (χ2n) is 8.81. The molecule has 1 aliphatic rings. The number of hydrogen-bond donors (Lipinski definition) is 1. The molecule has 31 heavy (non-hydrogen) atoms. The number of amides is 1. The SMILES string of the molecule is COCc1ccc(C(=O)N[C@@H](CC(C)C)c2nnc3n2CCN(CC=C(C)C)CC3)o1. The van der Waals surface area contributed by atoms with Gasteiger partial charge in [-0.15, -0.1) is 10.2 Å². The quantitative estimate of drug-likeness (QED) is 0.615. The van der Waals surface area contributed by atoms with Crippen molar-refractivity contribution < 1.29 is 13.9 Å². The molecule has 8 heteroatoms. The summed E-state index contributed by atoms with van der Waals surface area (Å²) in [7, 11) is 1.60. The third kappa shape index (κ3) is 6.27. The van der Waals surface area contributed by atoms with Crippen LogP contribution in [-0.4, -0.2) is 52.3 Å². The summed E-state index contributed by atoms with van der Waals surface area (Å²) in [5, 5.41) is 12.1.